The minimum atomic E-state index is -0.827. The van der Waals surface area contributed by atoms with Crippen LogP contribution in [0.3, 0.4) is 0 Å². The predicted octanol–water partition coefficient (Wildman–Crippen LogP) is 3.11. The van der Waals surface area contributed by atoms with Crippen molar-refractivity contribution in [3.05, 3.63) is 71.9 Å². The highest BCUT2D eigenvalue weighted by Crippen LogP contribution is 2.31. The van der Waals surface area contributed by atoms with E-state index in [1.807, 2.05) is 6.07 Å². The van der Waals surface area contributed by atoms with Gasteiger partial charge in [0.25, 0.3) is 0 Å². The molecule has 1 saturated heterocycles. The Labute approximate surface area is 236 Å². The van der Waals surface area contributed by atoms with Crippen LogP contribution in [0, 0.1) is 28.9 Å². The molecule has 0 radical (unpaired) electrons. The highest BCUT2D eigenvalue weighted by molar-refractivity contribution is 5.64. The van der Waals surface area contributed by atoms with E-state index in [0.29, 0.717) is 43.9 Å². The van der Waals surface area contributed by atoms with Crippen molar-refractivity contribution in [2.75, 3.05) is 37.8 Å². The summed E-state index contributed by atoms with van der Waals surface area (Å²) in [5.74, 6) is -0.955. The lowest BCUT2D eigenvalue weighted by Crippen LogP contribution is -2.57. The summed E-state index contributed by atoms with van der Waals surface area (Å²) in [6.07, 6.45) is 5.71. The summed E-state index contributed by atoms with van der Waals surface area (Å²) in [5.41, 5.74) is 8.85. The number of aliphatic hydroxyl groups is 1. The lowest BCUT2D eigenvalue weighted by molar-refractivity contribution is -0.00335. The second-order valence-electron chi connectivity index (χ2n) is 10.0. The van der Waals surface area contributed by atoms with E-state index in [4.69, 9.17) is 25.6 Å². The largest absolute Gasteiger partial charge is 0.491 e. The predicted molar refractivity (Wildman–Crippen MR) is 147 cm³/mol. The molecule has 0 aliphatic carbocycles. The minimum absolute atomic E-state index is 0.0156. The van der Waals surface area contributed by atoms with Crippen LogP contribution in [0.15, 0.2) is 48.9 Å². The Hall–Kier alpha value is -4.18. The summed E-state index contributed by atoms with van der Waals surface area (Å²) in [4.78, 5) is 11.1. The second-order valence-corrected chi connectivity index (χ2v) is 10.0. The number of nitrogens with zero attached hydrogens (tertiary/aromatic N) is 6. The molecule has 0 spiro atoms. The maximum Gasteiger partial charge on any atom is 0.139 e. The first-order valence-corrected chi connectivity index (χ1v) is 13.4. The number of hydrogen-bond acceptors (Lipinski definition) is 9. The molecule has 0 bridgehead atoms. The number of nitriles is 1. The Morgan fingerprint density at radius 1 is 1.15 bits per heavy atom. The second kappa shape index (κ2) is 12.6. The molecule has 0 saturated carbocycles. The van der Waals surface area contributed by atoms with Crippen molar-refractivity contribution >= 4 is 11.2 Å². The molecule has 5 rings (SSSR count). The van der Waals surface area contributed by atoms with Crippen LogP contribution in [0.2, 0.25) is 0 Å². The van der Waals surface area contributed by atoms with Gasteiger partial charge >= 0.3 is 0 Å². The monoisotopic (exact) mass is 563 g/mol. The van der Waals surface area contributed by atoms with Crippen LogP contribution in [0.25, 0.3) is 16.8 Å². The number of aromatic nitrogens is 4. The van der Waals surface area contributed by atoms with E-state index in [-0.39, 0.29) is 48.3 Å². The van der Waals surface area contributed by atoms with Crippen LogP contribution in [-0.2, 0) is 11.2 Å². The van der Waals surface area contributed by atoms with Gasteiger partial charge in [-0.1, -0.05) is 6.92 Å². The maximum absolute atomic E-state index is 14.9. The molecule has 12 heteroatoms. The zero-order valence-corrected chi connectivity index (χ0v) is 22.6. The Balaban J connectivity index is 1.40. The summed E-state index contributed by atoms with van der Waals surface area (Å²) in [7, 11) is 0. The fraction of sp³-hybridized carbons (Fsp3) is 0.379. The number of pyridine rings is 1. The molecule has 4 aromatic rings. The van der Waals surface area contributed by atoms with Crippen LogP contribution >= 0.6 is 0 Å². The van der Waals surface area contributed by atoms with Gasteiger partial charge in [-0.15, -0.1) is 0 Å². The molecule has 214 valence electrons. The van der Waals surface area contributed by atoms with E-state index >= 15 is 0 Å². The molecule has 0 unspecified atom stereocenters. The number of benzene rings is 1. The molecule has 41 heavy (non-hydrogen) atoms. The van der Waals surface area contributed by atoms with Gasteiger partial charge in [0.1, 0.15) is 29.8 Å². The molecule has 4 heterocycles. The van der Waals surface area contributed by atoms with E-state index in [9.17, 15) is 8.78 Å². The molecular weight excluding hydrogens is 532 g/mol. The van der Waals surface area contributed by atoms with Gasteiger partial charge in [0.05, 0.1) is 54.8 Å². The van der Waals surface area contributed by atoms with Gasteiger partial charge in [-0.25, -0.2) is 18.3 Å². The SMILES string of the molecule is C[C@H]1CN(c2ccncc2Cc2ncc3ccc(-c4c(F)cc(OCCO)cc4F)nn23)C[C@@H](N)[C@H]1OCCC#N. The summed E-state index contributed by atoms with van der Waals surface area (Å²) in [6.45, 7) is 3.38. The number of nitrogens with two attached hydrogens (primary N) is 1. The van der Waals surface area contributed by atoms with Crippen molar-refractivity contribution in [2.45, 2.75) is 31.9 Å². The Morgan fingerprint density at radius 3 is 2.68 bits per heavy atom. The van der Waals surface area contributed by atoms with Gasteiger partial charge in [-0.2, -0.15) is 10.4 Å². The maximum atomic E-state index is 14.9. The first-order valence-electron chi connectivity index (χ1n) is 13.4. The molecular formula is C29H31F2N7O3. The average Bonchev–Trinajstić information content (AvgIpc) is 3.35. The summed E-state index contributed by atoms with van der Waals surface area (Å²) in [6, 6.07) is 9.18. The fourth-order valence-electron chi connectivity index (χ4n) is 5.30. The van der Waals surface area contributed by atoms with Gasteiger partial charge in [-0.3, -0.25) is 4.98 Å². The van der Waals surface area contributed by atoms with E-state index in [2.05, 4.69) is 33.0 Å². The Bertz CT molecular complexity index is 1520. The summed E-state index contributed by atoms with van der Waals surface area (Å²) >= 11 is 0. The van der Waals surface area contributed by atoms with E-state index in [0.717, 1.165) is 23.4 Å². The number of fused-ring (bicyclic) bond motifs is 1. The fourth-order valence-corrected chi connectivity index (χ4v) is 5.30. The molecule has 1 aromatic carbocycles. The number of halogens is 2. The first kappa shape index (κ1) is 28.4. The lowest BCUT2D eigenvalue weighted by atomic mass is 9.91. The molecule has 10 nitrogen and oxygen atoms in total. The third-order valence-corrected chi connectivity index (χ3v) is 7.10. The molecule has 3 atom stereocenters. The number of hydrogen-bond donors (Lipinski definition) is 2. The van der Waals surface area contributed by atoms with Crippen molar-refractivity contribution < 1.29 is 23.4 Å². The number of piperidine rings is 1. The standard InChI is InChI=1S/C29H31F2N7O3/c1-18-16-37(17-24(33)29(18)41-9-2-6-32)26-5-7-34-14-19(26)11-27-35-15-20-3-4-25(36-38(20)27)28-22(30)12-21(13-23(28)31)40-10-8-39/h3-5,7,12-15,18,24,29,39H,2,8-11,16-17,33H2,1H3/t18-,24+,29-/m0/s1. The van der Waals surface area contributed by atoms with Crippen molar-refractivity contribution in [1.29, 1.82) is 5.26 Å². The van der Waals surface area contributed by atoms with Crippen molar-refractivity contribution in [3.8, 4) is 23.1 Å². The van der Waals surface area contributed by atoms with E-state index in [1.54, 1.807) is 29.2 Å². The number of anilines is 1. The van der Waals surface area contributed by atoms with Gasteiger partial charge in [0.15, 0.2) is 0 Å². The van der Waals surface area contributed by atoms with Gasteiger partial charge in [-0.05, 0) is 18.2 Å². The van der Waals surface area contributed by atoms with Gasteiger partial charge < -0.3 is 25.2 Å². The Morgan fingerprint density at radius 2 is 1.95 bits per heavy atom. The van der Waals surface area contributed by atoms with Crippen LogP contribution in [0.1, 0.15) is 24.7 Å². The normalized spacial score (nSPS) is 18.9. The number of aliphatic hydroxyl groups excluding tert-OH is 1. The molecule has 3 aromatic heterocycles. The number of ether oxygens (including phenoxy) is 2. The van der Waals surface area contributed by atoms with Crippen molar-refractivity contribution in [2.24, 2.45) is 11.7 Å². The third kappa shape index (κ3) is 6.12. The average molecular weight is 564 g/mol. The zero-order valence-electron chi connectivity index (χ0n) is 22.6. The van der Waals surface area contributed by atoms with Crippen LogP contribution in [0.4, 0.5) is 14.5 Å². The lowest BCUT2D eigenvalue weighted by Gasteiger charge is -2.42. The molecule has 3 N–H and O–H groups in total. The highest BCUT2D eigenvalue weighted by atomic mass is 19.1. The van der Waals surface area contributed by atoms with Crippen LogP contribution in [0.5, 0.6) is 5.75 Å². The quantitative estimate of drug-likeness (QED) is 0.279. The molecule has 1 fully saturated rings. The highest BCUT2D eigenvalue weighted by Gasteiger charge is 2.34. The van der Waals surface area contributed by atoms with E-state index < -0.39 is 11.6 Å². The van der Waals surface area contributed by atoms with Crippen molar-refractivity contribution in [3.63, 3.8) is 0 Å². The number of rotatable bonds is 10. The first-order chi connectivity index (χ1) is 19.9. The van der Waals surface area contributed by atoms with Gasteiger partial charge in [0.2, 0.25) is 0 Å². The summed E-state index contributed by atoms with van der Waals surface area (Å²) in [5, 5.41) is 22.3. The van der Waals surface area contributed by atoms with Crippen molar-refractivity contribution in [1.82, 2.24) is 19.6 Å². The van der Waals surface area contributed by atoms with E-state index in [1.165, 1.54) is 6.07 Å². The Kier molecular flexibility index (Phi) is 8.68. The molecule has 0 amide bonds. The third-order valence-electron chi connectivity index (χ3n) is 7.10. The number of imidazole rings is 1. The molecule has 1 aliphatic rings. The van der Waals surface area contributed by atoms with Gasteiger partial charge in [0, 0.05) is 67.2 Å². The topological polar surface area (TPSA) is 135 Å². The zero-order chi connectivity index (χ0) is 28.9. The van der Waals surface area contributed by atoms with Crippen LogP contribution in [-0.4, -0.2) is 69.7 Å². The smallest absolute Gasteiger partial charge is 0.139 e. The minimum Gasteiger partial charge on any atom is -0.491 e. The van der Waals surface area contributed by atoms with Crippen LogP contribution < -0.4 is 15.4 Å². The molecule has 1 aliphatic heterocycles. The summed E-state index contributed by atoms with van der Waals surface area (Å²) < 4.78 is 42.5.